The van der Waals surface area contributed by atoms with E-state index < -0.39 is 0 Å². The van der Waals surface area contributed by atoms with Crippen LogP contribution in [0.15, 0.2) is 41.0 Å². The van der Waals surface area contributed by atoms with Crippen molar-refractivity contribution in [2.75, 3.05) is 11.9 Å². The maximum Gasteiger partial charge on any atom is 0.259 e. The number of carbonyl (C=O) groups excluding carboxylic acids is 1. The van der Waals surface area contributed by atoms with Crippen molar-refractivity contribution in [3.63, 3.8) is 0 Å². The second kappa shape index (κ2) is 6.20. The van der Waals surface area contributed by atoms with Crippen molar-refractivity contribution < 1.29 is 14.3 Å². The molecular weight excluding hydrogens is 242 g/mol. The number of nitrogens with one attached hydrogen (secondary N) is 1. The summed E-state index contributed by atoms with van der Waals surface area (Å²) >= 11 is 0. The summed E-state index contributed by atoms with van der Waals surface area (Å²) in [6.07, 6.45) is 3.02. The van der Waals surface area contributed by atoms with E-state index in [1.54, 1.807) is 13.0 Å². The molecule has 1 aromatic carbocycles. The molecule has 0 aliphatic carbocycles. The lowest BCUT2D eigenvalue weighted by Crippen LogP contribution is -2.12. The first-order valence-corrected chi connectivity index (χ1v) is 6.26. The van der Waals surface area contributed by atoms with Gasteiger partial charge < -0.3 is 14.8 Å². The summed E-state index contributed by atoms with van der Waals surface area (Å²) in [5.74, 6) is 0.430. The van der Waals surface area contributed by atoms with Gasteiger partial charge in [-0.1, -0.05) is 12.1 Å². The van der Waals surface area contributed by atoms with Crippen LogP contribution in [-0.4, -0.2) is 17.6 Å². The first kappa shape index (κ1) is 13.4. The van der Waals surface area contributed by atoms with Gasteiger partial charge in [0.25, 0.3) is 5.91 Å². The molecule has 2 N–H and O–H groups in total. The van der Waals surface area contributed by atoms with Crippen molar-refractivity contribution in [1.82, 2.24) is 0 Å². The summed E-state index contributed by atoms with van der Waals surface area (Å²) in [5.41, 5.74) is 2.39. The lowest BCUT2D eigenvalue weighted by Gasteiger charge is -2.06. The van der Waals surface area contributed by atoms with Crippen LogP contribution in [0.1, 0.15) is 28.1 Å². The van der Waals surface area contributed by atoms with Crippen LogP contribution in [0.5, 0.6) is 0 Å². The fraction of sp³-hybridized carbons (Fsp3) is 0.267. The normalized spacial score (nSPS) is 10.4. The molecule has 4 heteroatoms. The molecule has 1 heterocycles. The predicted octanol–water partition coefficient (Wildman–Crippen LogP) is 2.77. The van der Waals surface area contributed by atoms with Crippen molar-refractivity contribution in [3.8, 4) is 0 Å². The number of aryl methyl sites for hydroxylation is 2. The van der Waals surface area contributed by atoms with Crippen molar-refractivity contribution >= 4 is 11.6 Å². The molecule has 0 aliphatic heterocycles. The lowest BCUT2D eigenvalue weighted by molar-refractivity contribution is 0.102. The van der Waals surface area contributed by atoms with E-state index in [9.17, 15) is 4.79 Å². The summed E-state index contributed by atoms with van der Waals surface area (Å²) in [6.45, 7) is 1.93. The number of benzene rings is 1. The van der Waals surface area contributed by atoms with E-state index in [0.29, 0.717) is 11.3 Å². The highest BCUT2D eigenvalue weighted by Gasteiger charge is 2.11. The highest BCUT2D eigenvalue weighted by molar-refractivity contribution is 6.04. The van der Waals surface area contributed by atoms with Crippen molar-refractivity contribution in [2.45, 2.75) is 19.8 Å². The van der Waals surface area contributed by atoms with Crippen molar-refractivity contribution in [1.29, 1.82) is 0 Å². The van der Waals surface area contributed by atoms with Gasteiger partial charge in [-0.25, -0.2) is 0 Å². The number of carbonyl (C=O) groups is 1. The van der Waals surface area contributed by atoms with Crippen LogP contribution in [0.2, 0.25) is 0 Å². The molecule has 0 atom stereocenters. The Balaban J connectivity index is 2.07. The Morgan fingerprint density at radius 1 is 1.37 bits per heavy atom. The summed E-state index contributed by atoms with van der Waals surface area (Å²) in [7, 11) is 0. The second-order valence-electron chi connectivity index (χ2n) is 4.37. The molecule has 1 aromatic heterocycles. The van der Waals surface area contributed by atoms with Crippen LogP contribution >= 0.6 is 0 Å². The number of amides is 1. The Hall–Kier alpha value is -2.07. The van der Waals surface area contributed by atoms with Gasteiger partial charge in [0.05, 0.1) is 11.8 Å². The SMILES string of the molecule is Cc1occc1C(=O)Nc1cccc(CCCO)c1. The molecule has 0 aliphatic rings. The molecule has 0 unspecified atom stereocenters. The van der Waals surface area contributed by atoms with Crippen LogP contribution in [0, 0.1) is 6.92 Å². The molecule has 4 nitrogen and oxygen atoms in total. The Kier molecular flexibility index (Phi) is 4.36. The van der Waals surface area contributed by atoms with Gasteiger partial charge in [0, 0.05) is 12.3 Å². The average Bonchev–Trinajstić information content (AvgIpc) is 2.83. The number of hydrogen-bond donors (Lipinski definition) is 2. The monoisotopic (exact) mass is 259 g/mol. The molecule has 0 radical (unpaired) electrons. The van der Waals surface area contributed by atoms with Gasteiger partial charge in [0.1, 0.15) is 5.76 Å². The molecule has 19 heavy (non-hydrogen) atoms. The smallest absolute Gasteiger partial charge is 0.259 e. The van der Waals surface area contributed by atoms with Crippen LogP contribution in [0.3, 0.4) is 0 Å². The minimum Gasteiger partial charge on any atom is -0.469 e. The molecule has 0 saturated heterocycles. The minimum atomic E-state index is -0.175. The van der Waals surface area contributed by atoms with Gasteiger partial charge in [-0.2, -0.15) is 0 Å². The minimum absolute atomic E-state index is 0.171. The van der Waals surface area contributed by atoms with Crippen LogP contribution in [-0.2, 0) is 6.42 Å². The maximum absolute atomic E-state index is 12.0. The molecule has 2 aromatic rings. The topological polar surface area (TPSA) is 62.5 Å². The van der Waals surface area contributed by atoms with Crippen LogP contribution < -0.4 is 5.32 Å². The third-order valence-corrected chi connectivity index (χ3v) is 2.91. The number of anilines is 1. The van der Waals surface area contributed by atoms with Crippen molar-refractivity contribution in [2.24, 2.45) is 0 Å². The lowest BCUT2D eigenvalue weighted by atomic mass is 10.1. The second-order valence-corrected chi connectivity index (χ2v) is 4.37. The number of furan rings is 1. The average molecular weight is 259 g/mol. The summed E-state index contributed by atoms with van der Waals surface area (Å²) < 4.78 is 5.11. The fourth-order valence-corrected chi connectivity index (χ4v) is 1.91. The summed E-state index contributed by atoms with van der Waals surface area (Å²) in [4.78, 5) is 12.0. The van der Waals surface area contributed by atoms with Crippen LogP contribution in [0.25, 0.3) is 0 Å². The first-order chi connectivity index (χ1) is 9.20. The number of hydrogen-bond acceptors (Lipinski definition) is 3. The third-order valence-electron chi connectivity index (χ3n) is 2.91. The predicted molar refractivity (Wildman–Crippen MR) is 73.2 cm³/mol. The number of rotatable bonds is 5. The van der Waals surface area contributed by atoms with E-state index in [1.165, 1.54) is 6.26 Å². The molecular formula is C15H17NO3. The highest BCUT2D eigenvalue weighted by atomic mass is 16.3. The molecule has 2 rings (SSSR count). The van der Waals surface area contributed by atoms with E-state index in [1.807, 2.05) is 24.3 Å². The van der Waals surface area contributed by atoms with E-state index in [2.05, 4.69) is 5.32 Å². The quantitative estimate of drug-likeness (QED) is 0.867. The molecule has 0 saturated carbocycles. The maximum atomic E-state index is 12.0. The molecule has 0 spiro atoms. The zero-order valence-electron chi connectivity index (χ0n) is 10.8. The third kappa shape index (κ3) is 3.45. The Morgan fingerprint density at radius 3 is 2.89 bits per heavy atom. The zero-order chi connectivity index (χ0) is 13.7. The molecule has 100 valence electrons. The standard InChI is InChI=1S/C15H17NO3/c1-11-14(7-9-19-11)15(18)16-13-6-2-4-12(10-13)5-3-8-17/h2,4,6-7,9-10,17H,3,5,8H2,1H3,(H,16,18). The van der Waals surface area contributed by atoms with E-state index in [-0.39, 0.29) is 12.5 Å². The molecule has 0 bridgehead atoms. The summed E-state index contributed by atoms with van der Waals surface area (Å²) in [5, 5.41) is 11.7. The fourth-order valence-electron chi connectivity index (χ4n) is 1.91. The van der Waals surface area contributed by atoms with Crippen LogP contribution in [0.4, 0.5) is 5.69 Å². The van der Waals surface area contributed by atoms with Gasteiger partial charge in [0.2, 0.25) is 0 Å². The van der Waals surface area contributed by atoms with Gasteiger partial charge in [-0.15, -0.1) is 0 Å². The van der Waals surface area contributed by atoms with E-state index in [0.717, 1.165) is 24.1 Å². The Labute approximate surface area is 112 Å². The zero-order valence-corrected chi connectivity index (χ0v) is 10.8. The molecule has 1 amide bonds. The largest absolute Gasteiger partial charge is 0.469 e. The van der Waals surface area contributed by atoms with Gasteiger partial charge in [-0.3, -0.25) is 4.79 Å². The number of aliphatic hydroxyl groups is 1. The van der Waals surface area contributed by atoms with Gasteiger partial charge >= 0.3 is 0 Å². The van der Waals surface area contributed by atoms with E-state index >= 15 is 0 Å². The highest BCUT2D eigenvalue weighted by Crippen LogP contribution is 2.15. The Morgan fingerprint density at radius 2 is 2.21 bits per heavy atom. The van der Waals surface area contributed by atoms with E-state index in [4.69, 9.17) is 9.52 Å². The van der Waals surface area contributed by atoms with Crippen molar-refractivity contribution in [3.05, 3.63) is 53.5 Å². The molecule has 0 fully saturated rings. The number of aliphatic hydroxyl groups excluding tert-OH is 1. The van der Waals surface area contributed by atoms with Gasteiger partial charge in [0.15, 0.2) is 0 Å². The van der Waals surface area contributed by atoms with Gasteiger partial charge in [-0.05, 0) is 43.5 Å². The Bertz CT molecular complexity index is 560. The first-order valence-electron chi connectivity index (χ1n) is 6.26. The summed E-state index contributed by atoms with van der Waals surface area (Å²) in [6, 6.07) is 9.29.